The van der Waals surface area contributed by atoms with Crippen molar-refractivity contribution in [3.05, 3.63) is 28.0 Å². The number of aromatic nitrogens is 1. The second kappa shape index (κ2) is 6.35. The first-order valence-corrected chi connectivity index (χ1v) is 8.97. The summed E-state index contributed by atoms with van der Waals surface area (Å²) in [5.41, 5.74) is 1.00. The van der Waals surface area contributed by atoms with E-state index in [0.717, 1.165) is 23.0 Å². The quantitative estimate of drug-likeness (QED) is 0.733. The first-order valence-electron chi connectivity index (χ1n) is 8.18. The lowest BCUT2D eigenvalue weighted by Gasteiger charge is -2.33. The minimum absolute atomic E-state index is 0.00101. The number of amides is 2. The van der Waals surface area contributed by atoms with Crippen molar-refractivity contribution in [2.24, 2.45) is 0 Å². The Labute approximate surface area is 150 Å². The van der Waals surface area contributed by atoms with Crippen molar-refractivity contribution in [1.29, 1.82) is 0 Å². The molecule has 2 aliphatic rings. The monoisotopic (exact) mass is 395 g/mol. The molecule has 1 atom stereocenters. The van der Waals surface area contributed by atoms with Gasteiger partial charge in [-0.2, -0.15) is 0 Å². The fraction of sp³-hybridized carbons (Fsp3) is 0.588. The van der Waals surface area contributed by atoms with Crippen LogP contribution in [0.3, 0.4) is 0 Å². The molecule has 2 amide bonds. The second-order valence-electron chi connectivity index (χ2n) is 7.27. The molecule has 1 aromatic heterocycles. The normalized spacial score (nSPS) is 21.0. The Kier molecular flexibility index (Phi) is 4.55. The third kappa shape index (κ3) is 3.55. The van der Waals surface area contributed by atoms with Crippen LogP contribution in [0.25, 0.3) is 0 Å². The van der Waals surface area contributed by atoms with E-state index >= 15 is 0 Å². The van der Waals surface area contributed by atoms with Gasteiger partial charge in [-0.3, -0.25) is 9.78 Å². The van der Waals surface area contributed by atoms with Crippen molar-refractivity contribution < 1.29 is 14.3 Å². The number of pyridine rings is 1. The van der Waals surface area contributed by atoms with Gasteiger partial charge in [-0.25, -0.2) is 4.79 Å². The molecule has 7 heteroatoms. The standard InChI is InChI=1S/C17H22BrN3O3/c1-17(2,3)24-16(23)20-6-4-12(10-20)21-7-5-14-13(15(21)22)8-11(18)9-19-14/h8-9,12H,4-7,10H2,1-3H3. The molecule has 1 saturated heterocycles. The highest BCUT2D eigenvalue weighted by Gasteiger charge is 2.37. The number of likely N-dealkylation sites (tertiary alicyclic amines) is 1. The zero-order valence-corrected chi connectivity index (χ0v) is 15.8. The van der Waals surface area contributed by atoms with E-state index in [9.17, 15) is 9.59 Å². The first kappa shape index (κ1) is 17.2. The number of hydrogen-bond acceptors (Lipinski definition) is 4. The van der Waals surface area contributed by atoms with E-state index in [1.165, 1.54) is 0 Å². The Balaban J connectivity index is 1.68. The molecule has 6 nitrogen and oxygen atoms in total. The van der Waals surface area contributed by atoms with Gasteiger partial charge in [-0.05, 0) is 49.2 Å². The molecule has 0 N–H and O–H groups in total. The summed E-state index contributed by atoms with van der Waals surface area (Å²) in [6.45, 7) is 7.36. The van der Waals surface area contributed by atoms with Gasteiger partial charge in [0.15, 0.2) is 0 Å². The minimum Gasteiger partial charge on any atom is -0.444 e. The Morgan fingerprint density at radius 3 is 2.83 bits per heavy atom. The molecule has 0 aromatic carbocycles. The maximum atomic E-state index is 12.8. The molecule has 24 heavy (non-hydrogen) atoms. The van der Waals surface area contributed by atoms with Gasteiger partial charge in [-0.15, -0.1) is 0 Å². The van der Waals surface area contributed by atoms with E-state index in [1.807, 2.05) is 31.7 Å². The minimum atomic E-state index is -0.507. The fourth-order valence-electron chi connectivity index (χ4n) is 3.17. The molecule has 0 bridgehead atoms. The van der Waals surface area contributed by atoms with E-state index in [0.29, 0.717) is 25.2 Å². The maximum absolute atomic E-state index is 12.8. The lowest BCUT2D eigenvalue weighted by atomic mass is 10.0. The van der Waals surface area contributed by atoms with Gasteiger partial charge in [0.05, 0.1) is 17.3 Å². The van der Waals surface area contributed by atoms with Gasteiger partial charge in [0.1, 0.15) is 5.60 Å². The van der Waals surface area contributed by atoms with Crippen LogP contribution in [0.15, 0.2) is 16.7 Å². The molecule has 2 aliphatic heterocycles. The summed E-state index contributed by atoms with van der Waals surface area (Å²) in [5, 5.41) is 0. The number of rotatable bonds is 1. The van der Waals surface area contributed by atoms with Crippen LogP contribution < -0.4 is 0 Å². The second-order valence-corrected chi connectivity index (χ2v) is 8.18. The average Bonchev–Trinajstić information content (AvgIpc) is 2.96. The van der Waals surface area contributed by atoms with Crippen LogP contribution in [-0.2, 0) is 11.2 Å². The van der Waals surface area contributed by atoms with E-state index in [4.69, 9.17) is 4.74 Å². The highest BCUT2D eigenvalue weighted by Crippen LogP contribution is 2.26. The van der Waals surface area contributed by atoms with Crippen molar-refractivity contribution in [1.82, 2.24) is 14.8 Å². The Morgan fingerprint density at radius 2 is 2.12 bits per heavy atom. The summed E-state index contributed by atoms with van der Waals surface area (Å²) in [6.07, 6.45) is 2.94. The highest BCUT2D eigenvalue weighted by atomic mass is 79.9. The molecule has 3 heterocycles. The molecule has 1 aromatic rings. The number of nitrogens with zero attached hydrogens (tertiary/aromatic N) is 3. The van der Waals surface area contributed by atoms with E-state index in [-0.39, 0.29) is 18.0 Å². The van der Waals surface area contributed by atoms with Crippen LogP contribution in [0.5, 0.6) is 0 Å². The van der Waals surface area contributed by atoms with Gasteiger partial charge in [0.25, 0.3) is 5.91 Å². The van der Waals surface area contributed by atoms with Crippen molar-refractivity contribution in [2.45, 2.75) is 45.3 Å². The van der Waals surface area contributed by atoms with Gasteiger partial charge in [0.2, 0.25) is 0 Å². The molecule has 1 fully saturated rings. The average molecular weight is 396 g/mol. The molecule has 0 radical (unpaired) electrons. The lowest BCUT2D eigenvalue weighted by Crippen LogP contribution is -2.47. The predicted molar refractivity (Wildman–Crippen MR) is 92.9 cm³/mol. The Morgan fingerprint density at radius 1 is 1.38 bits per heavy atom. The maximum Gasteiger partial charge on any atom is 0.410 e. The number of carbonyl (C=O) groups is 2. The first-order chi connectivity index (χ1) is 11.2. The molecule has 3 rings (SSSR count). The fourth-order valence-corrected chi connectivity index (χ4v) is 3.50. The summed E-state index contributed by atoms with van der Waals surface area (Å²) in [6, 6.07) is 1.87. The number of hydrogen-bond donors (Lipinski definition) is 0. The van der Waals surface area contributed by atoms with Crippen molar-refractivity contribution in [3.8, 4) is 0 Å². The highest BCUT2D eigenvalue weighted by molar-refractivity contribution is 9.10. The van der Waals surface area contributed by atoms with Crippen LogP contribution in [0.1, 0.15) is 43.2 Å². The zero-order chi connectivity index (χ0) is 17.5. The van der Waals surface area contributed by atoms with Crippen LogP contribution >= 0.6 is 15.9 Å². The lowest BCUT2D eigenvalue weighted by molar-refractivity contribution is 0.0274. The van der Waals surface area contributed by atoms with Crippen LogP contribution in [0.2, 0.25) is 0 Å². The summed E-state index contributed by atoms with van der Waals surface area (Å²) in [7, 11) is 0. The summed E-state index contributed by atoms with van der Waals surface area (Å²) >= 11 is 3.38. The number of carbonyl (C=O) groups excluding carboxylic acids is 2. The smallest absolute Gasteiger partial charge is 0.410 e. The SMILES string of the molecule is CC(C)(C)OC(=O)N1CCC(N2CCc3ncc(Br)cc3C2=O)C1. The molecular weight excluding hydrogens is 374 g/mol. The summed E-state index contributed by atoms with van der Waals surface area (Å²) in [5.74, 6) is 0.00101. The van der Waals surface area contributed by atoms with Gasteiger partial charge in [-0.1, -0.05) is 0 Å². The molecule has 1 unspecified atom stereocenters. The number of halogens is 1. The van der Waals surface area contributed by atoms with Gasteiger partial charge < -0.3 is 14.5 Å². The molecule has 0 aliphatic carbocycles. The summed E-state index contributed by atoms with van der Waals surface area (Å²) < 4.78 is 6.23. The summed E-state index contributed by atoms with van der Waals surface area (Å²) in [4.78, 5) is 32.9. The number of fused-ring (bicyclic) bond motifs is 1. The largest absolute Gasteiger partial charge is 0.444 e. The van der Waals surface area contributed by atoms with Crippen LogP contribution in [-0.4, -0.2) is 58.1 Å². The van der Waals surface area contributed by atoms with E-state index < -0.39 is 5.60 Å². The zero-order valence-electron chi connectivity index (χ0n) is 14.2. The van der Waals surface area contributed by atoms with Crippen LogP contribution in [0, 0.1) is 0 Å². The molecule has 0 saturated carbocycles. The van der Waals surface area contributed by atoms with Crippen molar-refractivity contribution in [2.75, 3.05) is 19.6 Å². The predicted octanol–water partition coefficient (Wildman–Crippen LogP) is 2.85. The van der Waals surface area contributed by atoms with Crippen molar-refractivity contribution >= 4 is 27.9 Å². The van der Waals surface area contributed by atoms with E-state index in [2.05, 4.69) is 20.9 Å². The Hall–Kier alpha value is -1.63. The third-order valence-electron chi connectivity index (χ3n) is 4.27. The van der Waals surface area contributed by atoms with Crippen LogP contribution in [0.4, 0.5) is 4.79 Å². The Bertz CT molecular complexity index is 672. The van der Waals surface area contributed by atoms with E-state index in [1.54, 1.807) is 11.1 Å². The molecular formula is C17H22BrN3O3. The third-order valence-corrected chi connectivity index (χ3v) is 4.71. The van der Waals surface area contributed by atoms with Crippen molar-refractivity contribution in [3.63, 3.8) is 0 Å². The molecule has 0 spiro atoms. The topological polar surface area (TPSA) is 62.7 Å². The van der Waals surface area contributed by atoms with Gasteiger partial charge >= 0.3 is 6.09 Å². The van der Waals surface area contributed by atoms with Gasteiger partial charge in [0, 0.05) is 36.7 Å². The number of ether oxygens (including phenoxy) is 1. The molecule has 130 valence electrons.